The van der Waals surface area contributed by atoms with E-state index in [0.717, 1.165) is 35.6 Å². The van der Waals surface area contributed by atoms with E-state index in [2.05, 4.69) is 29.6 Å². The second kappa shape index (κ2) is 4.94. The van der Waals surface area contributed by atoms with Crippen LogP contribution in [0.2, 0.25) is 0 Å². The molecule has 0 radical (unpaired) electrons. The minimum atomic E-state index is -0.0980. The van der Waals surface area contributed by atoms with Crippen molar-refractivity contribution in [1.29, 1.82) is 0 Å². The fourth-order valence-electron chi connectivity index (χ4n) is 2.48. The highest BCUT2D eigenvalue weighted by molar-refractivity contribution is 5.49. The first-order valence-corrected chi connectivity index (χ1v) is 6.57. The number of benzene rings is 2. The summed E-state index contributed by atoms with van der Waals surface area (Å²) in [6.45, 7) is 0.781. The third kappa shape index (κ3) is 2.29. The van der Waals surface area contributed by atoms with Gasteiger partial charge >= 0.3 is 0 Å². The van der Waals surface area contributed by atoms with Gasteiger partial charge in [0, 0.05) is 19.2 Å². The Morgan fingerprint density at radius 1 is 1.16 bits per heavy atom. The van der Waals surface area contributed by atoms with Gasteiger partial charge in [-0.15, -0.1) is 0 Å². The summed E-state index contributed by atoms with van der Waals surface area (Å²) < 4.78 is 5.52. The Morgan fingerprint density at radius 2 is 2.00 bits per heavy atom. The maximum Gasteiger partial charge on any atom is 0.122 e. The molecule has 98 valence electrons. The summed E-state index contributed by atoms with van der Waals surface area (Å²) in [6.07, 6.45) is 0.979. The molecule has 3 heteroatoms. The van der Waals surface area contributed by atoms with E-state index in [4.69, 9.17) is 10.5 Å². The number of hydrogen-bond acceptors (Lipinski definition) is 3. The summed E-state index contributed by atoms with van der Waals surface area (Å²) in [6, 6.07) is 14.4. The van der Waals surface area contributed by atoms with Crippen molar-refractivity contribution in [2.24, 2.45) is 5.73 Å². The first-order chi connectivity index (χ1) is 9.28. The lowest BCUT2D eigenvalue weighted by Gasteiger charge is -2.14. The lowest BCUT2D eigenvalue weighted by molar-refractivity contribution is 0.357. The summed E-state index contributed by atoms with van der Waals surface area (Å²) in [5, 5.41) is 3.14. The molecule has 3 nitrogen and oxygen atoms in total. The molecule has 0 spiro atoms. The average molecular weight is 254 g/mol. The van der Waals surface area contributed by atoms with E-state index in [1.807, 2.05) is 25.2 Å². The zero-order chi connectivity index (χ0) is 13.2. The molecule has 2 aromatic carbocycles. The summed E-state index contributed by atoms with van der Waals surface area (Å²) in [4.78, 5) is 0. The van der Waals surface area contributed by atoms with Gasteiger partial charge in [-0.25, -0.2) is 0 Å². The molecule has 0 aliphatic carbocycles. The maximum atomic E-state index is 6.37. The van der Waals surface area contributed by atoms with Crippen LogP contribution in [0.15, 0.2) is 42.5 Å². The molecule has 0 bridgehead atoms. The molecule has 1 unspecified atom stereocenters. The Hall–Kier alpha value is -2.00. The van der Waals surface area contributed by atoms with Crippen molar-refractivity contribution in [3.63, 3.8) is 0 Å². The lowest BCUT2D eigenvalue weighted by atomic mass is 9.97. The summed E-state index contributed by atoms with van der Waals surface area (Å²) >= 11 is 0. The van der Waals surface area contributed by atoms with E-state index in [1.54, 1.807) is 0 Å². The smallest absolute Gasteiger partial charge is 0.122 e. The topological polar surface area (TPSA) is 47.3 Å². The zero-order valence-electron chi connectivity index (χ0n) is 11.0. The number of fused-ring (bicyclic) bond motifs is 1. The van der Waals surface area contributed by atoms with Gasteiger partial charge in [-0.2, -0.15) is 0 Å². The Balaban J connectivity index is 1.92. The highest BCUT2D eigenvalue weighted by Gasteiger charge is 2.15. The number of rotatable bonds is 3. The van der Waals surface area contributed by atoms with E-state index in [1.165, 1.54) is 5.56 Å². The number of nitrogens with two attached hydrogens (primary N) is 1. The van der Waals surface area contributed by atoms with Crippen LogP contribution in [0.3, 0.4) is 0 Å². The van der Waals surface area contributed by atoms with Crippen LogP contribution in [0.1, 0.15) is 22.7 Å². The van der Waals surface area contributed by atoms with Gasteiger partial charge in [0.1, 0.15) is 5.75 Å². The van der Waals surface area contributed by atoms with Gasteiger partial charge in [0.05, 0.1) is 12.6 Å². The molecule has 1 aliphatic heterocycles. The molecule has 1 aliphatic rings. The van der Waals surface area contributed by atoms with Crippen LogP contribution in [-0.4, -0.2) is 13.7 Å². The van der Waals surface area contributed by atoms with Gasteiger partial charge in [0.25, 0.3) is 0 Å². The van der Waals surface area contributed by atoms with Gasteiger partial charge in [-0.3, -0.25) is 0 Å². The second-order valence-electron chi connectivity index (χ2n) is 4.82. The van der Waals surface area contributed by atoms with E-state index in [-0.39, 0.29) is 6.04 Å². The molecule has 0 saturated heterocycles. The van der Waals surface area contributed by atoms with Crippen LogP contribution < -0.4 is 15.8 Å². The van der Waals surface area contributed by atoms with Crippen LogP contribution in [0.25, 0.3) is 0 Å². The first kappa shape index (κ1) is 12.1. The quantitative estimate of drug-likeness (QED) is 0.885. The second-order valence-corrected chi connectivity index (χ2v) is 4.82. The molecular weight excluding hydrogens is 236 g/mol. The number of hydrogen-bond donors (Lipinski definition) is 2. The van der Waals surface area contributed by atoms with Crippen LogP contribution in [0.4, 0.5) is 5.69 Å². The van der Waals surface area contributed by atoms with Crippen molar-refractivity contribution in [2.75, 3.05) is 19.0 Å². The molecule has 19 heavy (non-hydrogen) atoms. The predicted molar refractivity (Wildman–Crippen MR) is 77.7 cm³/mol. The lowest BCUT2D eigenvalue weighted by Crippen LogP contribution is -2.12. The monoisotopic (exact) mass is 254 g/mol. The largest absolute Gasteiger partial charge is 0.493 e. The first-order valence-electron chi connectivity index (χ1n) is 6.57. The Kier molecular flexibility index (Phi) is 3.13. The van der Waals surface area contributed by atoms with Crippen LogP contribution in [0, 0.1) is 0 Å². The highest BCUT2D eigenvalue weighted by Crippen LogP contribution is 2.30. The fraction of sp³-hybridized carbons (Fsp3) is 0.250. The van der Waals surface area contributed by atoms with E-state index in [9.17, 15) is 0 Å². The number of ether oxygens (including phenoxy) is 1. The summed E-state index contributed by atoms with van der Waals surface area (Å²) in [5.74, 6) is 1.000. The van der Waals surface area contributed by atoms with Crippen molar-refractivity contribution >= 4 is 5.69 Å². The Labute approximate surface area is 113 Å². The van der Waals surface area contributed by atoms with Crippen molar-refractivity contribution in [3.05, 3.63) is 59.2 Å². The molecule has 0 amide bonds. The van der Waals surface area contributed by atoms with Crippen molar-refractivity contribution in [3.8, 4) is 5.75 Å². The van der Waals surface area contributed by atoms with Crippen molar-refractivity contribution < 1.29 is 4.74 Å². The minimum Gasteiger partial charge on any atom is -0.493 e. The number of anilines is 1. The molecule has 0 aromatic heterocycles. The van der Waals surface area contributed by atoms with Crippen molar-refractivity contribution in [1.82, 2.24) is 0 Å². The van der Waals surface area contributed by atoms with Gasteiger partial charge in [-0.05, 0) is 34.9 Å². The van der Waals surface area contributed by atoms with Crippen LogP contribution >= 0.6 is 0 Å². The molecule has 2 aromatic rings. The van der Waals surface area contributed by atoms with Crippen LogP contribution in [0.5, 0.6) is 5.75 Å². The molecule has 1 heterocycles. The van der Waals surface area contributed by atoms with E-state index < -0.39 is 0 Å². The summed E-state index contributed by atoms with van der Waals surface area (Å²) in [5.41, 5.74) is 11.0. The minimum absolute atomic E-state index is 0.0980. The predicted octanol–water partition coefficient (Wildman–Crippen LogP) is 2.71. The molecule has 1 atom stereocenters. The molecular formula is C16H18N2O. The third-order valence-electron chi connectivity index (χ3n) is 3.61. The standard InChI is InChI=1S/C16H18N2O/c1-18-14-4-2-3-12(10-14)16(17)13-5-6-15-11(9-13)7-8-19-15/h2-6,9-10,16,18H,7-8,17H2,1H3. The van der Waals surface area contributed by atoms with E-state index >= 15 is 0 Å². The Morgan fingerprint density at radius 3 is 2.84 bits per heavy atom. The van der Waals surface area contributed by atoms with Gasteiger partial charge < -0.3 is 15.8 Å². The van der Waals surface area contributed by atoms with Crippen LogP contribution in [-0.2, 0) is 6.42 Å². The summed E-state index contributed by atoms with van der Waals surface area (Å²) in [7, 11) is 1.91. The van der Waals surface area contributed by atoms with Gasteiger partial charge in [-0.1, -0.05) is 24.3 Å². The average Bonchev–Trinajstić information content (AvgIpc) is 2.94. The van der Waals surface area contributed by atoms with E-state index in [0.29, 0.717) is 0 Å². The molecule has 0 fully saturated rings. The molecule has 3 rings (SSSR count). The van der Waals surface area contributed by atoms with Gasteiger partial charge in [0.2, 0.25) is 0 Å². The maximum absolute atomic E-state index is 6.37. The highest BCUT2D eigenvalue weighted by atomic mass is 16.5. The zero-order valence-corrected chi connectivity index (χ0v) is 11.0. The van der Waals surface area contributed by atoms with Crippen molar-refractivity contribution in [2.45, 2.75) is 12.5 Å². The normalized spacial score (nSPS) is 14.6. The fourth-order valence-corrected chi connectivity index (χ4v) is 2.48. The molecule has 0 saturated carbocycles. The molecule has 3 N–H and O–H groups in total. The van der Waals surface area contributed by atoms with Gasteiger partial charge in [0.15, 0.2) is 0 Å². The third-order valence-corrected chi connectivity index (χ3v) is 3.61. The SMILES string of the molecule is CNc1cccc(C(N)c2ccc3c(c2)CCO3)c1. The number of nitrogens with one attached hydrogen (secondary N) is 1. The Bertz CT molecular complexity index is 595.